The van der Waals surface area contributed by atoms with Crippen LogP contribution in [0.1, 0.15) is 64.0 Å². The molecule has 0 spiro atoms. The van der Waals surface area contributed by atoms with Crippen LogP contribution < -0.4 is 10.6 Å². The number of hydrogen-bond acceptors (Lipinski definition) is 10. The van der Waals surface area contributed by atoms with Gasteiger partial charge >= 0.3 is 0 Å². The standard InChI is InChI=1S/C24H37N7O5S/c1-23(2,3)22-29-28-21(36-22)20(33)17-9-8-12-31(17)19(32)14-27-24(4,5)15-26-18-11-10-16(13-25-18)37(34,35)30(6)7/h10-11,13,17,27H,8-9,12,14-15H2,1-7H3,(H,25,26). The molecule has 1 saturated heterocycles. The van der Waals surface area contributed by atoms with Gasteiger partial charge in [-0.1, -0.05) is 20.8 Å². The van der Waals surface area contributed by atoms with Crippen molar-refractivity contribution < 1.29 is 22.4 Å². The fourth-order valence-corrected chi connectivity index (χ4v) is 4.59. The SMILES string of the molecule is CN(C)S(=O)(=O)c1ccc(NCC(C)(C)NCC(=O)N2CCCC2C(=O)c2nnc(C(C)(C)C)o2)nc1. The number of nitrogens with zero attached hydrogens (tertiary/aromatic N) is 5. The second-order valence-corrected chi connectivity index (χ2v) is 13.2. The van der Waals surface area contributed by atoms with Crippen LogP contribution in [-0.2, 0) is 20.2 Å². The maximum atomic E-state index is 13.0. The number of ketones is 1. The second-order valence-electron chi connectivity index (χ2n) is 11.0. The van der Waals surface area contributed by atoms with Crippen molar-refractivity contribution >= 4 is 27.5 Å². The van der Waals surface area contributed by atoms with Crippen molar-refractivity contribution in [3.63, 3.8) is 0 Å². The Morgan fingerprint density at radius 2 is 1.86 bits per heavy atom. The number of aromatic nitrogens is 3. The normalized spacial score (nSPS) is 16.9. The number of Topliss-reactive ketones (excluding diaryl/α,β-unsaturated/α-hetero) is 1. The molecule has 2 N–H and O–H groups in total. The zero-order valence-electron chi connectivity index (χ0n) is 22.5. The molecule has 2 aromatic heterocycles. The molecule has 3 heterocycles. The smallest absolute Gasteiger partial charge is 0.286 e. The summed E-state index contributed by atoms with van der Waals surface area (Å²) in [7, 11) is -0.619. The molecule has 3 rings (SSSR count). The van der Waals surface area contributed by atoms with Gasteiger partial charge in [0.05, 0.1) is 6.54 Å². The Balaban J connectivity index is 1.55. The monoisotopic (exact) mass is 535 g/mol. The highest BCUT2D eigenvalue weighted by atomic mass is 32.2. The summed E-state index contributed by atoms with van der Waals surface area (Å²) in [6.07, 6.45) is 2.58. The van der Waals surface area contributed by atoms with Crippen molar-refractivity contribution in [2.45, 2.75) is 69.4 Å². The third kappa shape index (κ3) is 6.90. The molecule has 0 aliphatic carbocycles. The number of likely N-dealkylation sites (tertiary alicyclic amines) is 1. The summed E-state index contributed by atoms with van der Waals surface area (Å²) in [4.78, 5) is 31.9. The van der Waals surface area contributed by atoms with Gasteiger partial charge in [-0.3, -0.25) is 9.59 Å². The molecule has 0 saturated carbocycles. The maximum absolute atomic E-state index is 13.0. The van der Waals surface area contributed by atoms with E-state index in [1.54, 1.807) is 11.0 Å². The van der Waals surface area contributed by atoms with Crippen LogP contribution >= 0.6 is 0 Å². The number of pyridine rings is 1. The van der Waals surface area contributed by atoms with Gasteiger partial charge in [-0.05, 0) is 38.8 Å². The lowest BCUT2D eigenvalue weighted by Gasteiger charge is -2.29. The highest BCUT2D eigenvalue weighted by Gasteiger charge is 2.38. The van der Waals surface area contributed by atoms with E-state index in [0.717, 1.165) is 10.7 Å². The molecule has 0 radical (unpaired) electrons. The first-order valence-corrected chi connectivity index (χ1v) is 13.6. The second kappa shape index (κ2) is 10.8. The van der Waals surface area contributed by atoms with Crippen LogP contribution in [0.3, 0.4) is 0 Å². The summed E-state index contributed by atoms with van der Waals surface area (Å²) in [5.74, 6) is 0.310. The molecular weight excluding hydrogens is 498 g/mol. The van der Waals surface area contributed by atoms with Gasteiger partial charge in [0, 0.05) is 44.3 Å². The first-order valence-electron chi connectivity index (χ1n) is 12.2. The van der Waals surface area contributed by atoms with E-state index in [2.05, 4.69) is 25.8 Å². The van der Waals surface area contributed by atoms with Gasteiger partial charge in [-0.15, -0.1) is 10.2 Å². The molecule has 1 aliphatic heterocycles. The van der Waals surface area contributed by atoms with E-state index in [4.69, 9.17) is 4.42 Å². The van der Waals surface area contributed by atoms with Gasteiger partial charge in [-0.25, -0.2) is 17.7 Å². The Morgan fingerprint density at radius 1 is 1.16 bits per heavy atom. The zero-order chi connectivity index (χ0) is 27.6. The summed E-state index contributed by atoms with van der Waals surface area (Å²) in [5, 5.41) is 14.3. The minimum absolute atomic E-state index is 0.0446. The minimum Gasteiger partial charge on any atom is -0.418 e. The van der Waals surface area contributed by atoms with E-state index < -0.39 is 21.6 Å². The van der Waals surface area contributed by atoms with E-state index in [-0.39, 0.29) is 34.4 Å². The number of rotatable bonds is 10. The number of hydrogen-bond donors (Lipinski definition) is 2. The molecule has 13 heteroatoms. The molecule has 12 nitrogen and oxygen atoms in total. The number of nitrogens with one attached hydrogen (secondary N) is 2. The number of anilines is 1. The fraction of sp³-hybridized carbons (Fsp3) is 0.625. The summed E-state index contributed by atoms with van der Waals surface area (Å²) in [6, 6.07) is 2.47. The molecule has 1 aliphatic rings. The van der Waals surface area contributed by atoms with Crippen LogP contribution in [0, 0.1) is 0 Å². The Kier molecular flexibility index (Phi) is 8.40. The Hall–Kier alpha value is -2.90. The third-order valence-electron chi connectivity index (χ3n) is 6.10. The predicted molar refractivity (Wildman–Crippen MR) is 138 cm³/mol. The topological polar surface area (TPSA) is 151 Å². The van der Waals surface area contributed by atoms with E-state index in [0.29, 0.717) is 31.2 Å². The van der Waals surface area contributed by atoms with Gasteiger partial charge in [-0.2, -0.15) is 0 Å². The van der Waals surface area contributed by atoms with E-state index in [1.807, 2.05) is 34.6 Å². The minimum atomic E-state index is -3.55. The van der Waals surface area contributed by atoms with Crippen LogP contribution in [0.4, 0.5) is 5.82 Å². The van der Waals surface area contributed by atoms with Crippen LogP contribution in [0.2, 0.25) is 0 Å². The summed E-state index contributed by atoms with van der Waals surface area (Å²) in [6.45, 7) is 10.6. The first-order chi connectivity index (χ1) is 17.1. The fourth-order valence-electron chi connectivity index (χ4n) is 3.74. The van der Waals surface area contributed by atoms with Crippen molar-refractivity contribution in [1.82, 2.24) is 29.7 Å². The quantitative estimate of drug-likeness (QED) is 0.430. The molecule has 0 aromatic carbocycles. The average molecular weight is 536 g/mol. The third-order valence-corrected chi connectivity index (χ3v) is 7.90. The van der Waals surface area contributed by atoms with Gasteiger partial charge in [0.1, 0.15) is 16.8 Å². The number of amides is 1. The van der Waals surface area contributed by atoms with Crippen molar-refractivity contribution in [2.24, 2.45) is 0 Å². The van der Waals surface area contributed by atoms with Crippen molar-refractivity contribution in [3.8, 4) is 0 Å². The highest BCUT2D eigenvalue weighted by Crippen LogP contribution is 2.24. The van der Waals surface area contributed by atoms with Gasteiger partial charge in [0.2, 0.25) is 27.6 Å². The maximum Gasteiger partial charge on any atom is 0.286 e. The summed E-state index contributed by atoms with van der Waals surface area (Å²) >= 11 is 0. The summed E-state index contributed by atoms with van der Waals surface area (Å²) in [5.41, 5.74) is -0.874. The largest absolute Gasteiger partial charge is 0.418 e. The van der Waals surface area contributed by atoms with E-state index in [9.17, 15) is 18.0 Å². The van der Waals surface area contributed by atoms with E-state index in [1.165, 1.54) is 26.4 Å². The Morgan fingerprint density at radius 3 is 2.43 bits per heavy atom. The Bertz CT molecular complexity index is 1220. The van der Waals surface area contributed by atoms with Crippen molar-refractivity contribution in [3.05, 3.63) is 30.1 Å². The molecule has 2 aromatic rings. The van der Waals surface area contributed by atoms with Crippen LogP contribution in [0.5, 0.6) is 0 Å². The zero-order valence-corrected chi connectivity index (χ0v) is 23.3. The lowest BCUT2D eigenvalue weighted by molar-refractivity contribution is -0.130. The lowest BCUT2D eigenvalue weighted by Crippen LogP contribution is -2.51. The van der Waals surface area contributed by atoms with Crippen molar-refractivity contribution in [2.75, 3.05) is 39.0 Å². The van der Waals surface area contributed by atoms with Gasteiger partial charge in [0.15, 0.2) is 0 Å². The highest BCUT2D eigenvalue weighted by molar-refractivity contribution is 7.89. The summed E-state index contributed by atoms with van der Waals surface area (Å²) < 4.78 is 31.1. The lowest BCUT2D eigenvalue weighted by atomic mass is 9.97. The van der Waals surface area contributed by atoms with E-state index >= 15 is 0 Å². The molecule has 204 valence electrons. The van der Waals surface area contributed by atoms with Crippen LogP contribution in [-0.4, -0.2) is 89.8 Å². The molecular formula is C24H37N7O5S. The number of carbonyl (C=O) groups excluding carboxylic acids is 2. The average Bonchev–Trinajstić information content (AvgIpc) is 3.51. The van der Waals surface area contributed by atoms with Crippen molar-refractivity contribution in [1.29, 1.82) is 0 Å². The molecule has 1 fully saturated rings. The first kappa shape index (κ1) is 28.7. The Labute approximate surface area is 218 Å². The van der Waals surface area contributed by atoms with Crippen LogP contribution in [0.25, 0.3) is 0 Å². The molecule has 1 atom stereocenters. The molecule has 0 bridgehead atoms. The molecule has 37 heavy (non-hydrogen) atoms. The predicted octanol–water partition coefficient (Wildman–Crippen LogP) is 1.67. The van der Waals surface area contributed by atoms with Gasteiger partial charge in [0.25, 0.3) is 5.89 Å². The number of sulfonamides is 1. The van der Waals surface area contributed by atoms with Crippen LogP contribution in [0.15, 0.2) is 27.6 Å². The number of carbonyl (C=O) groups is 2. The van der Waals surface area contributed by atoms with Gasteiger partial charge < -0.3 is 20.0 Å². The molecule has 1 unspecified atom stereocenters. The molecule has 1 amide bonds.